The smallest absolute Gasteiger partial charge is 0.201 e. The molecule has 0 saturated heterocycles. The molecule has 0 unspecified atom stereocenters. The van der Waals surface area contributed by atoms with Gasteiger partial charge < -0.3 is 0 Å². The Morgan fingerprint density at radius 2 is 1.25 bits per heavy atom. The predicted molar refractivity (Wildman–Crippen MR) is 136 cm³/mol. The Kier molecular flexibility index (Phi) is 4.44. The molecule has 162 valence electrons. The Balaban J connectivity index is 1.87. The number of hydrogen-bond acceptors (Lipinski definition) is 0. The maximum atomic E-state index is 2.44. The standard InChI is InChI=1S/C31H34N/c1-19-17-27(32(8)18-20(19)2)23-15-16-25-26-14-13-22-11-9-10-12-24(22)29(26)31(6,7)30(4,5)28(25)21(23)3/h9-18H,1-8H3/q+1. The molecular weight excluding hydrogens is 386 g/mol. The van der Waals surface area contributed by atoms with Crippen LogP contribution in [0, 0.1) is 20.8 Å². The first-order valence-electron chi connectivity index (χ1n) is 11.7. The van der Waals surface area contributed by atoms with Gasteiger partial charge in [-0.25, -0.2) is 4.57 Å². The highest BCUT2D eigenvalue weighted by Crippen LogP contribution is 2.57. The Bertz CT molecular complexity index is 1400. The minimum Gasteiger partial charge on any atom is -0.201 e. The number of aryl methyl sites for hydroxylation is 3. The quantitative estimate of drug-likeness (QED) is 0.281. The number of hydrogen-bond donors (Lipinski definition) is 0. The Morgan fingerprint density at radius 3 is 2.00 bits per heavy atom. The summed E-state index contributed by atoms with van der Waals surface area (Å²) >= 11 is 0. The highest BCUT2D eigenvalue weighted by atomic mass is 14.9. The molecule has 0 fully saturated rings. The average Bonchev–Trinajstić information content (AvgIpc) is 2.74. The van der Waals surface area contributed by atoms with Gasteiger partial charge in [0.15, 0.2) is 6.20 Å². The van der Waals surface area contributed by atoms with Crippen LogP contribution >= 0.6 is 0 Å². The van der Waals surface area contributed by atoms with Crippen molar-refractivity contribution in [2.45, 2.75) is 59.3 Å². The van der Waals surface area contributed by atoms with E-state index in [0.29, 0.717) is 0 Å². The molecule has 1 aliphatic carbocycles. The molecule has 1 heterocycles. The van der Waals surface area contributed by atoms with Crippen LogP contribution in [0.15, 0.2) is 60.8 Å². The van der Waals surface area contributed by atoms with Crippen LogP contribution in [0.5, 0.6) is 0 Å². The Hall–Kier alpha value is -2.93. The highest BCUT2D eigenvalue weighted by molar-refractivity contribution is 5.96. The first-order chi connectivity index (χ1) is 15.1. The lowest BCUT2D eigenvalue weighted by Gasteiger charge is -2.49. The topological polar surface area (TPSA) is 3.88 Å². The van der Waals surface area contributed by atoms with Crippen molar-refractivity contribution in [2.75, 3.05) is 0 Å². The lowest BCUT2D eigenvalue weighted by Crippen LogP contribution is -2.44. The fourth-order valence-corrected chi connectivity index (χ4v) is 5.96. The number of rotatable bonds is 1. The van der Waals surface area contributed by atoms with Gasteiger partial charge in [0.25, 0.3) is 0 Å². The average molecular weight is 421 g/mol. The maximum absolute atomic E-state index is 2.44. The van der Waals surface area contributed by atoms with Gasteiger partial charge in [-0.05, 0) is 76.4 Å². The lowest BCUT2D eigenvalue weighted by atomic mass is 9.54. The SMILES string of the molecule is Cc1cc(-c2ccc3c(c2C)C(C)(C)C(C)(C)c2c-3ccc3ccccc23)[n+](C)cc1C. The molecule has 1 aromatic heterocycles. The molecular formula is C31H34N+. The molecule has 0 spiro atoms. The first-order valence-corrected chi connectivity index (χ1v) is 11.7. The molecule has 3 aromatic carbocycles. The van der Waals surface area contributed by atoms with Crippen LogP contribution in [0.25, 0.3) is 33.2 Å². The number of benzene rings is 3. The molecule has 0 N–H and O–H groups in total. The van der Waals surface area contributed by atoms with Crippen molar-refractivity contribution in [1.29, 1.82) is 0 Å². The summed E-state index contributed by atoms with van der Waals surface area (Å²) < 4.78 is 2.28. The van der Waals surface area contributed by atoms with Gasteiger partial charge >= 0.3 is 0 Å². The molecule has 0 aliphatic heterocycles. The summed E-state index contributed by atoms with van der Waals surface area (Å²) in [7, 11) is 2.16. The molecule has 0 amide bonds. The summed E-state index contributed by atoms with van der Waals surface area (Å²) in [6.07, 6.45) is 2.25. The van der Waals surface area contributed by atoms with Crippen molar-refractivity contribution >= 4 is 10.8 Å². The van der Waals surface area contributed by atoms with Crippen LogP contribution in [-0.2, 0) is 17.9 Å². The Labute approximate surface area is 192 Å². The van der Waals surface area contributed by atoms with Crippen molar-refractivity contribution in [1.82, 2.24) is 0 Å². The van der Waals surface area contributed by atoms with Gasteiger partial charge in [-0.1, -0.05) is 70.2 Å². The van der Waals surface area contributed by atoms with Crippen LogP contribution in [0.3, 0.4) is 0 Å². The summed E-state index contributed by atoms with van der Waals surface area (Å²) in [5.41, 5.74) is 12.4. The zero-order valence-corrected chi connectivity index (χ0v) is 20.7. The minimum atomic E-state index is -0.0160. The van der Waals surface area contributed by atoms with Crippen LogP contribution in [0.2, 0.25) is 0 Å². The van der Waals surface area contributed by atoms with E-state index in [2.05, 4.69) is 121 Å². The second kappa shape index (κ2) is 6.78. The molecule has 0 bridgehead atoms. The number of pyridine rings is 1. The normalized spacial score (nSPS) is 16.0. The summed E-state index contributed by atoms with van der Waals surface area (Å²) in [4.78, 5) is 0. The largest absolute Gasteiger partial charge is 0.212 e. The van der Waals surface area contributed by atoms with Gasteiger partial charge in [0.2, 0.25) is 5.69 Å². The van der Waals surface area contributed by atoms with E-state index in [1.807, 2.05) is 0 Å². The molecule has 0 radical (unpaired) electrons. The number of nitrogens with zero attached hydrogens (tertiary/aromatic N) is 1. The lowest BCUT2D eigenvalue weighted by molar-refractivity contribution is -0.660. The van der Waals surface area contributed by atoms with E-state index in [0.717, 1.165) is 0 Å². The summed E-state index contributed by atoms with van der Waals surface area (Å²) in [6.45, 7) is 16.5. The van der Waals surface area contributed by atoms with Crippen LogP contribution < -0.4 is 4.57 Å². The minimum absolute atomic E-state index is 0.00897. The van der Waals surface area contributed by atoms with E-state index in [1.54, 1.807) is 0 Å². The van der Waals surface area contributed by atoms with E-state index in [1.165, 1.54) is 61.0 Å². The third-order valence-electron chi connectivity index (χ3n) is 8.52. The fourth-order valence-electron chi connectivity index (χ4n) is 5.96. The molecule has 32 heavy (non-hydrogen) atoms. The van der Waals surface area contributed by atoms with Crippen LogP contribution in [0.1, 0.15) is 55.5 Å². The monoisotopic (exact) mass is 420 g/mol. The molecule has 0 atom stereocenters. The molecule has 4 aromatic rings. The predicted octanol–water partition coefficient (Wildman–Crippen LogP) is 7.49. The van der Waals surface area contributed by atoms with Crippen molar-refractivity contribution in [3.05, 3.63) is 88.6 Å². The van der Waals surface area contributed by atoms with Gasteiger partial charge in [0, 0.05) is 22.6 Å². The van der Waals surface area contributed by atoms with Gasteiger partial charge in [-0.3, -0.25) is 0 Å². The van der Waals surface area contributed by atoms with Crippen molar-refractivity contribution < 1.29 is 4.57 Å². The highest BCUT2D eigenvalue weighted by Gasteiger charge is 2.47. The first kappa shape index (κ1) is 20.9. The molecule has 5 rings (SSSR count). The van der Waals surface area contributed by atoms with E-state index < -0.39 is 0 Å². The summed E-state index contributed by atoms with van der Waals surface area (Å²) in [6, 6.07) is 20.5. The van der Waals surface area contributed by atoms with Crippen LogP contribution in [0.4, 0.5) is 0 Å². The van der Waals surface area contributed by atoms with Gasteiger partial charge in [-0.2, -0.15) is 0 Å². The fraction of sp³-hybridized carbons (Fsp3) is 0.323. The molecule has 1 aliphatic rings. The zero-order valence-electron chi connectivity index (χ0n) is 20.7. The third kappa shape index (κ3) is 2.67. The second-order valence-electron chi connectivity index (χ2n) is 10.8. The van der Waals surface area contributed by atoms with Crippen molar-refractivity contribution in [3.8, 4) is 22.4 Å². The van der Waals surface area contributed by atoms with E-state index >= 15 is 0 Å². The van der Waals surface area contributed by atoms with E-state index in [9.17, 15) is 0 Å². The maximum Gasteiger partial charge on any atom is 0.212 e. The van der Waals surface area contributed by atoms with Crippen LogP contribution in [-0.4, -0.2) is 0 Å². The summed E-state index contributed by atoms with van der Waals surface area (Å²) in [5.74, 6) is 0. The third-order valence-corrected chi connectivity index (χ3v) is 8.52. The summed E-state index contributed by atoms with van der Waals surface area (Å²) in [5, 5.41) is 2.71. The molecule has 1 nitrogen and oxygen atoms in total. The Morgan fingerprint density at radius 1 is 0.656 bits per heavy atom. The molecule has 1 heteroatoms. The van der Waals surface area contributed by atoms with Gasteiger partial charge in [0.05, 0.1) is 0 Å². The zero-order chi connectivity index (χ0) is 23.0. The van der Waals surface area contributed by atoms with E-state index in [-0.39, 0.29) is 10.8 Å². The van der Waals surface area contributed by atoms with E-state index in [4.69, 9.17) is 0 Å². The van der Waals surface area contributed by atoms with Gasteiger partial charge in [0.1, 0.15) is 7.05 Å². The van der Waals surface area contributed by atoms with Gasteiger partial charge in [-0.15, -0.1) is 0 Å². The van der Waals surface area contributed by atoms with Crippen molar-refractivity contribution in [3.63, 3.8) is 0 Å². The molecule has 0 saturated carbocycles. The second-order valence-corrected chi connectivity index (χ2v) is 10.8. The number of fused-ring (bicyclic) bond motifs is 5. The van der Waals surface area contributed by atoms with Crippen molar-refractivity contribution in [2.24, 2.45) is 7.05 Å². The number of aromatic nitrogens is 1.